The van der Waals surface area contributed by atoms with Gasteiger partial charge >= 0.3 is 12.3 Å². The van der Waals surface area contributed by atoms with Crippen molar-refractivity contribution in [2.75, 3.05) is 18.5 Å². The zero-order valence-corrected chi connectivity index (χ0v) is 19.3. The van der Waals surface area contributed by atoms with Crippen LogP contribution in [-0.4, -0.2) is 37.6 Å². The predicted octanol–water partition coefficient (Wildman–Crippen LogP) is 4.99. The Morgan fingerprint density at radius 1 is 1.16 bits per heavy atom. The normalized spacial score (nSPS) is 17.1. The van der Waals surface area contributed by atoms with E-state index in [1.54, 1.807) is 5.38 Å². The Balaban J connectivity index is 1.85. The summed E-state index contributed by atoms with van der Waals surface area (Å²) in [6.45, 7) is 5.89. The van der Waals surface area contributed by atoms with Crippen molar-refractivity contribution in [3.05, 3.63) is 40.9 Å². The summed E-state index contributed by atoms with van der Waals surface area (Å²) in [6, 6.07) is 3.10. The van der Waals surface area contributed by atoms with Crippen molar-refractivity contribution in [2.45, 2.75) is 55.0 Å². The Bertz CT molecular complexity index is 1070. The van der Waals surface area contributed by atoms with Crippen LogP contribution in [0.2, 0.25) is 0 Å². The number of carbonyl (C=O) groups is 1. The van der Waals surface area contributed by atoms with Crippen LogP contribution in [0, 0.1) is 0 Å². The van der Waals surface area contributed by atoms with Gasteiger partial charge in [0.2, 0.25) is 14.8 Å². The van der Waals surface area contributed by atoms with Crippen LogP contribution < -0.4 is 5.32 Å². The van der Waals surface area contributed by atoms with Gasteiger partial charge in [-0.1, -0.05) is 20.8 Å². The monoisotopic (exact) mass is 492 g/mol. The van der Waals surface area contributed by atoms with Crippen LogP contribution in [0.3, 0.4) is 0 Å². The molecule has 1 saturated heterocycles. The standard InChI is InChI=1S/C20H23F3N2O5S2/c1-18(2,3)15-12-31-16(24-15)25-17(26)30-19(8-10-29-11-9-19)32(27,28)14-6-4-13(5-7-14)20(21,22)23/h4-7,12H,8-11H2,1-3H3,(H,24,25,26). The molecule has 0 spiro atoms. The molecule has 3 rings (SSSR count). The largest absolute Gasteiger partial charge is 0.426 e. The Morgan fingerprint density at radius 3 is 2.25 bits per heavy atom. The van der Waals surface area contributed by atoms with E-state index in [0.717, 1.165) is 17.8 Å². The summed E-state index contributed by atoms with van der Waals surface area (Å²) in [5.41, 5.74) is -0.473. The summed E-state index contributed by atoms with van der Waals surface area (Å²) in [6.07, 6.45) is -5.93. The summed E-state index contributed by atoms with van der Waals surface area (Å²) < 4.78 is 75.9. The molecular formula is C20H23F3N2O5S2. The van der Waals surface area contributed by atoms with Gasteiger partial charge in [0.05, 0.1) is 29.4 Å². The fourth-order valence-electron chi connectivity index (χ4n) is 3.10. The van der Waals surface area contributed by atoms with Crippen molar-refractivity contribution < 1.29 is 35.9 Å². The number of hydrogen-bond acceptors (Lipinski definition) is 7. The number of anilines is 1. The van der Waals surface area contributed by atoms with Crippen molar-refractivity contribution in [1.29, 1.82) is 0 Å². The number of nitrogens with zero attached hydrogens (tertiary/aromatic N) is 1. The molecule has 1 aliphatic rings. The van der Waals surface area contributed by atoms with Crippen LogP contribution in [-0.2, 0) is 30.9 Å². The van der Waals surface area contributed by atoms with Gasteiger partial charge in [-0.3, -0.25) is 5.32 Å². The highest BCUT2D eigenvalue weighted by Crippen LogP contribution is 2.38. The maximum absolute atomic E-state index is 13.3. The van der Waals surface area contributed by atoms with E-state index in [2.05, 4.69) is 10.3 Å². The van der Waals surface area contributed by atoms with E-state index in [0.29, 0.717) is 12.1 Å². The Hall–Kier alpha value is -2.18. The second-order valence-electron chi connectivity index (χ2n) is 8.35. The first-order chi connectivity index (χ1) is 14.7. The number of hydrogen-bond donors (Lipinski definition) is 1. The summed E-state index contributed by atoms with van der Waals surface area (Å²) >= 11 is 1.17. The number of benzene rings is 1. The second kappa shape index (κ2) is 8.64. The number of thiazole rings is 1. The van der Waals surface area contributed by atoms with Crippen molar-refractivity contribution in [2.24, 2.45) is 0 Å². The van der Waals surface area contributed by atoms with Crippen molar-refractivity contribution in [1.82, 2.24) is 4.98 Å². The van der Waals surface area contributed by atoms with E-state index in [9.17, 15) is 26.4 Å². The molecule has 176 valence electrons. The zero-order valence-electron chi connectivity index (χ0n) is 17.7. The minimum Gasteiger partial charge on any atom is -0.426 e. The topological polar surface area (TPSA) is 94.6 Å². The molecule has 7 nitrogen and oxygen atoms in total. The van der Waals surface area contributed by atoms with E-state index in [-0.39, 0.29) is 41.5 Å². The number of sulfone groups is 1. The first-order valence-electron chi connectivity index (χ1n) is 9.70. The minimum absolute atomic E-state index is 0.0125. The van der Waals surface area contributed by atoms with Gasteiger partial charge in [0, 0.05) is 23.6 Å². The summed E-state index contributed by atoms with van der Waals surface area (Å²) in [7, 11) is -4.34. The Labute approximate surface area is 187 Å². The lowest BCUT2D eigenvalue weighted by Crippen LogP contribution is -2.48. The van der Waals surface area contributed by atoms with Crippen molar-refractivity contribution in [3.8, 4) is 0 Å². The van der Waals surface area contributed by atoms with Crippen LogP contribution in [0.5, 0.6) is 0 Å². The Morgan fingerprint density at radius 2 is 1.75 bits per heavy atom. The lowest BCUT2D eigenvalue weighted by Gasteiger charge is -2.35. The molecule has 0 radical (unpaired) electrons. The molecule has 1 aliphatic heterocycles. The fourth-order valence-corrected chi connectivity index (χ4v) is 5.84. The number of nitrogens with one attached hydrogen (secondary N) is 1. The van der Waals surface area contributed by atoms with E-state index in [1.807, 2.05) is 20.8 Å². The molecule has 12 heteroatoms. The maximum atomic E-state index is 13.3. The number of carbonyl (C=O) groups excluding carboxylic acids is 1. The zero-order chi connectivity index (χ0) is 23.8. The third-order valence-corrected chi connectivity index (χ3v) is 8.12. The molecule has 2 heterocycles. The molecule has 0 atom stereocenters. The highest BCUT2D eigenvalue weighted by atomic mass is 32.2. The number of amides is 1. The molecule has 0 aliphatic carbocycles. The van der Waals surface area contributed by atoms with Gasteiger partial charge in [0.1, 0.15) is 0 Å². The third-order valence-electron chi connectivity index (χ3n) is 5.00. The smallest absolute Gasteiger partial charge is 0.416 e. The maximum Gasteiger partial charge on any atom is 0.416 e. The van der Waals surface area contributed by atoms with Gasteiger partial charge < -0.3 is 9.47 Å². The highest BCUT2D eigenvalue weighted by molar-refractivity contribution is 7.92. The third kappa shape index (κ3) is 5.07. The van der Waals surface area contributed by atoms with E-state index in [1.165, 1.54) is 11.3 Å². The number of halogens is 3. The van der Waals surface area contributed by atoms with E-state index < -0.39 is 32.6 Å². The van der Waals surface area contributed by atoms with Gasteiger partial charge in [0.15, 0.2) is 5.13 Å². The van der Waals surface area contributed by atoms with E-state index >= 15 is 0 Å². The van der Waals surface area contributed by atoms with Gasteiger partial charge in [0.25, 0.3) is 0 Å². The average Bonchev–Trinajstić information content (AvgIpc) is 3.17. The van der Waals surface area contributed by atoms with Gasteiger partial charge in [-0.2, -0.15) is 13.2 Å². The minimum atomic E-state index is -4.60. The summed E-state index contributed by atoms with van der Waals surface area (Å²) in [4.78, 5) is 14.6. The molecule has 1 amide bonds. The van der Waals surface area contributed by atoms with Gasteiger partial charge in [-0.05, 0) is 24.3 Å². The van der Waals surface area contributed by atoms with E-state index in [4.69, 9.17) is 9.47 Å². The molecule has 1 N–H and O–H groups in total. The molecule has 0 bridgehead atoms. The van der Waals surface area contributed by atoms with Gasteiger partial charge in [-0.15, -0.1) is 11.3 Å². The van der Waals surface area contributed by atoms with Crippen LogP contribution in [0.1, 0.15) is 44.9 Å². The quantitative estimate of drug-likeness (QED) is 0.646. The second-order valence-corrected chi connectivity index (χ2v) is 11.4. The molecule has 2 aromatic rings. The molecule has 1 aromatic carbocycles. The molecular weight excluding hydrogens is 469 g/mol. The number of alkyl halides is 3. The summed E-state index contributed by atoms with van der Waals surface area (Å²) in [5, 5.41) is 4.47. The van der Waals surface area contributed by atoms with Crippen LogP contribution >= 0.6 is 11.3 Å². The fraction of sp³-hybridized carbons (Fsp3) is 0.500. The molecule has 1 aromatic heterocycles. The Kier molecular flexibility index (Phi) is 6.60. The first-order valence-corrected chi connectivity index (χ1v) is 12.1. The van der Waals surface area contributed by atoms with Gasteiger partial charge in [-0.25, -0.2) is 18.2 Å². The van der Waals surface area contributed by atoms with Crippen LogP contribution in [0.4, 0.5) is 23.1 Å². The molecule has 32 heavy (non-hydrogen) atoms. The van der Waals surface area contributed by atoms with Crippen molar-refractivity contribution in [3.63, 3.8) is 0 Å². The highest BCUT2D eigenvalue weighted by Gasteiger charge is 2.50. The molecule has 1 fully saturated rings. The molecule has 0 saturated carbocycles. The lowest BCUT2D eigenvalue weighted by atomic mass is 9.93. The summed E-state index contributed by atoms with van der Waals surface area (Å²) in [5.74, 6) is 0. The predicted molar refractivity (Wildman–Crippen MR) is 112 cm³/mol. The first kappa shape index (κ1) is 24.5. The van der Waals surface area contributed by atoms with Crippen LogP contribution in [0.15, 0.2) is 34.5 Å². The number of ether oxygens (including phenoxy) is 2. The lowest BCUT2D eigenvalue weighted by molar-refractivity contribution is -0.137. The van der Waals surface area contributed by atoms with Crippen LogP contribution in [0.25, 0.3) is 0 Å². The number of rotatable bonds is 4. The number of aromatic nitrogens is 1. The SMILES string of the molecule is CC(C)(C)c1csc(NC(=O)OC2(S(=O)(=O)c3ccc(C(F)(F)F)cc3)CCOCC2)n1. The van der Waals surface area contributed by atoms with Crippen molar-refractivity contribution >= 4 is 32.4 Å². The molecule has 0 unspecified atom stereocenters. The average molecular weight is 493 g/mol.